The topological polar surface area (TPSA) is 38.3 Å². The third kappa shape index (κ3) is 2.46. The Hall–Kier alpha value is -1.03. The molecule has 1 saturated carbocycles. The van der Waals surface area contributed by atoms with Gasteiger partial charge in [-0.25, -0.2) is 0 Å². The van der Waals surface area contributed by atoms with Gasteiger partial charge in [0, 0.05) is 16.1 Å². The summed E-state index contributed by atoms with van der Waals surface area (Å²) < 4.78 is 6.05. The van der Waals surface area contributed by atoms with E-state index in [1.165, 1.54) is 6.42 Å². The molecule has 0 heterocycles. The molecule has 0 bridgehead atoms. The van der Waals surface area contributed by atoms with E-state index in [4.69, 9.17) is 4.74 Å². The first-order valence-corrected chi connectivity index (χ1v) is 6.56. The predicted molar refractivity (Wildman–Crippen MR) is 70.5 cm³/mol. The predicted octanol–water partition coefficient (Wildman–Crippen LogP) is 3.05. The van der Waals surface area contributed by atoms with Crippen molar-refractivity contribution >= 4 is 21.8 Å². The minimum Gasteiger partial charge on any atom is -0.496 e. The second-order valence-corrected chi connectivity index (χ2v) is 5.21. The Balaban J connectivity index is 2.26. The summed E-state index contributed by atoms with van der Waals surface area (Å²) in [5.74, 6) is 0.727. The molecule has 1 aliphatic rings. The standard InChI is InChI=1S/C13H16BrNO2/c1-8-11(17-2)7-6-10(14)12(8)13(16)15-9-4-3-5-9/h6-7,9H,3-5H2,1-2H3,(H,15,16). The van der Waals surface area contributed by atoms with Gasteiger partial charge in [0.15, 0.2) is 0 Å². The molecule has 1 amide bonds. The van der Waals surface area contributed by atoms with Crippen LogP contribution in [0.3, 0.4) is 0 Å². The molecule has 92 valence electrons. The molecule has 1 N–H and O–H groups in total. The lowest BCUT2D eigenvalue weighted by Crippen LogP contribution is -2.39. The van der Waals surface area contributed by atoms with Crippen LogP contribution in [0.2, 0.25) is 0 Å². The Bertz CT molecular complexity index is 441. The van der Waals surface area contributed by atoms with Gasteiger partial charge in [-0.1, -0.05) is 0 Å². The molecule has 0 aromatic heterocycles. The van der Waals surface area contributed by atoms with Gasteiger partial charge in [0.1, 0.15) is 5.75 Å². The Labute approximate surface area is 110 Å². The molecule has 1 aromatic rings. The molecule has 0 radical (unpaired) electrons. The summed E-state index contributed by atoms with van der Waals surface area (Å²) in [6.45, 7) is 1.90. The number of halogens is 1. The maximum Gasteiger partial charge on any atom is 0.253 e. The number of benzene rings is 1. The summed E-state index contributed by atoms with van der Waals surface area (Å²) in [4.78, 5) is 12.2. The van der Waals surface area contributed by atoms with E-state index in [0.717, 1.165) is 28.6 Å². The Morgan fingerprint density at radius 2 is 2.18 bits per heavy atom. The van der Waals surface area contributed by atoms with E-state index in [2.05, 4.69) is 21.2 Å². The highest BCUT2D eigenvalue weighted by Crippen LogP contribution is 2.29. The smallest absolute Gasteiger partial charge is 0.253 e. The summed E-state index contributed by atoms with van der Waals surface area (Å²) >= 11 is 3.42. The van der Waals surface area contributed by atoms with Crippen LogP contribution >= 0.6 is 15.9 Å². The minimum atomic E-state index is -0.0158. The Kier molecular flexibility index (Phi) is 3.72. The first kappa shape index (κ1) is 12.4. The van der Waals surface area contributed by atoms with E-state index in [1.54, 1.807) is 7.11 Å². The van der Waals surface area contributed by atoms with E-state index in [1.807, 2.05) is 19.1 Å². The molecular formula is C13H16BrNO2. The number of hydrogen-bond donors (Lipinski definition) is 1. The van der Waals surface area contributed by atoms with Crippen LogP contribution in [-0.4, -0.2) is 19.1 Å². The van der Waals surface area contributed by atoms with Gasteiger partial charge in [-0.15, -0.1) is 0 Å². The number of carbonyl (C=O) groups excluding carboxylic acids is 1. The monoisotopic (exact) mass is 297 g/mol. The van der Waals surface area contributed by atoms with Crippen molar-refractivity contribution in [3.63, 3.8) is 0 Å². The van der Waals surface area contributed by atoms with E-state index in [9.17, 15) is 4.79 Å². The lowest BCUT2D eigenvalue weighted by molar-refractivity contribution is 0.0915. The first-order valence-electron chi connectivity index (χ1n) is 5.77. The second-order valence-electron chi connectivity index (χ2n) is 4.35. The first-order chi connectivity index (χ1) is 8.13. The molecule has 0 saturated heterocycles. The molecule has 0 unspecified atom stereocenters. The third-order valence-electron chi connectivity index (χ3n) is 3.25. The van der Waals surface area contributed by atoms with Gasteiger partial charge in [0.2, 0.25) is 0 Å². The number of carbonyl (C=O) groups is 1. The van der Waals surface area contributed by atoms with Crippen molar-refractivity contribution in [2.75, 3.05) is 7.11 Å². The van der Waals surface area contributed by atoms with Gasteiger partial charge in [0.05, 0.1) is 12.7 Å². The average molecular weight is 298 g/mol. The number of ether oxygens (including phenoxy) is 1. The summed E-state index contributed by atoms with van der Waals surface area (Å²) in [7, 11) is 1.61. The fraction of sp³-hybridized carbons (Fsp3) is 0.462. The normalized spacial score (nSPS) is 15.2. The summed E-state index contributed by atoms with van der Waals surface area (Å²) in [6, 6.07) is 4.06. The van der Waals surface area contributed by atoms with Crippen molar-refractivity contribution in [2.24, 2.45) is 0 Å². The van der Waals surface area contributed by atoms with Crippen molar-refractivity contribution in [1.82, 2.24) is 5.32 Å². The summed E-state index contributed by atoms with van der Waals surface area (Å²) in [5, 5.41) is 3.04. The van der Waals surface area contributed by atoms with Crippen LogP contribution < -0.4 is 10.1 Å². The molecule has 17 heavy (non-hydrogen) atoms. The zero-order valence-electron chi connectivity index (χ0n) is 10.0. The highest BCUT2D eigenvalue weighted by molar-refractivity contribution is 9.10. The number of nitrogens with one attached hydrogen (secondary N) is 1. The van der Waals surface area contributed by atoms with Crippen LogP contribution in [0, 0.1) is 6.92 Å². The van der Waals surface area contributed by atoms with Gasteiger partial charge in [-0.05, 0) is 54.2 Å². The van der Waals surface area contributed by atoms with Gasteiger partial charge < -0.3 is 10.1 Å². The van der Waals surface area contributed by atoms with Gasteiger partial charge in [0.25, 0.3) is 5.91 Å². The van der Waals surface area contributed by atoms with E-state index in [0.29, 0.717) is 11.6 Å². The molecule has 0 aliphatic heterocycles. The van der Waals surface area contributed by atoms with Crippen LogP contribution in [0.25, 0.3) is 0 Å². The van der Waals surface area contributed by atoms with Crippen molar-refractivity contribution in [3.8, 4) is 5.75 Å². The maximum atomic E-state index is 12.2. The van der Waals surface area contributed by atoms with Crippen molar-refractivity contribution in [2.45, 2.75) is 32.2 Å². The lowest BCUT2D eigenvalue weighted by Gasteiger charge is -2.27. The van der Waals surface area contributed by atoms with Crippen molar-refractivity contribution in [1.29, 1.82) is 0 Å². The Morgan fingerprint density at radius 1 is 1.47 bits per heavy atom. The highest BCUT2D eigenvalue weighted by Gasteiger charge is 2.23. The summed E-state index contributed by atoms with van der Waals surface area (Å²) in [6.07, 6.45) is 3.39. The van der Waals surface area contributed by atoms with Crippen LogP contribution in [0.1, 0.15) is 35.2 Å². The minimum absolute atomic E-state index is 0.0158. The largest absolute Gasteiger partial charge is 0.496 e. The molecule has 1 aromatic carbocycles. The fourth-order valence-electron chi connectivity index (χ4n) is 1.97. The molecule has 1 aliphatic carbocycles. The molecule has 4 heteroatoms. The van der Waals surface area contributed by atoms with Crippen LogP contribution in [0.4, 0.5) is 0 Å². The maximum absolute atomic E-state index is 12.2. The zero-order chi connectivity index (χ0) is 12.4. The molecule has 1 fully saturated rings. The Morgan fingerprint density at radius 3 is 2.71 bits per heavy atom. The van der Waals surface area contributed by atoms with Gasteiger partial charge >= 0.3 is 0 Å². The summed E-state index contributed by atoms with van der Waals surface area (Å²) in [5.41, 5.74) is 1.55. The zero-order valence-corrected chi connectivity index (χ0v) is 11.6. The number of methoxy groups -OCH3 is 1. The lowest BCUT2D eigenvalue weighted by atomic mass is 9.92. The molecule has 0 atom stereocenters. The van der Waals surface area contributed by atoms with Crippen molar-refractivity contribution < 1.29 is 9.53 Å². The van der Waals surface area contributed by atoms with E-state index < -0.39 is 0 Å². The van der Waals surface area contributed by atoms with Gasteiger partial charge in [-0.3, -0.25) is 4.79 Å². The molecular weight excluding hydrogens is 282 g/mol. The van der Waals surface area contributed by atoms with E-state index in [-0.39, 0.29) is 5.91 Å². The number of hydrogen-bond acceptors (Lipinski definition) is 2. The van der Waals surface area contributed by atoms with E-state index >= 15 is 0 Å². The second kappa shape index (κ2) is 5.08. The molecule has 3 nitrogen and oxygen atoms in total. The average Bonchev–Trinajstić information content (AvgIpc) is 2.24. The third-order valence-corrected chi connectivity index (χ3v) is 3.91. The molecule has 2 rings (SSSR count). The van der Waals surface area contributed by atoms with Crippen LogP contribution in [-0.2, 0) is 0 Å². The number of amides is 1. The van der Waals surface area contributed by atoms with Crippen LogP contribution in [0.5, 0.6) is 5.75 Å². The number of rotatable bonds is 3. The van der Waals surface area contributed by atoms with Crippen molar-refractivity contribution in [3.05, 3.63) is 27.7 Å². The SMILES string of the molecule is COc1ccc(Br)c(C(=O)NC2CCC2)c1C. The van der Waals surface area contributed by atoms with Gasteiger partial charge in [-0.2, -0.15) is 0 Å². The highest BCUT2D eigenvalue weighted by atomic mass is 79.9. The quantitative estimate of drug-likeness (QED) is 0.931. The molecule has 0 spiro atoms. The van der Waals surface area contributed by atoms with Crippen LogP contribution in [0.15, 0.2) is 16.6 Å². The fourth-order valence-corrected chi connectivity index (χ4v) is 2.58.